The number of aliphatic hydroxyl groups is 1. The summed E-state index contributed by atoms with van der Waals surface area (Å²) in [6.45, 7) is 3.55. The quantitative estimate of drug-likeness (QED) is 0.656. The van der Waals surface area contributed by atoms with E-state index in [-0.39, 0.29) is 24.4 Å². The Bertz CT molecular complexity index is 193. The zero-order valence-electron chi connectivity index (χ0n) is 7.69. The minimum atomic E-state index is -0.263. The first-order chi connectivity index (χ1) is 6.31. The second-order valence-electron chi connectivity index (χ2n) is 3.78. The van der Waals surface area contributed by atoms with Crippen molar-refractivity contribution >= 4 is 0 Å². The van der Waals surface area contributed by atoms with Crippen LogP contribution in [0.5, 0.6) is 0 Å². The molecule has 2 fully saturated rings. The van der Waals surface area contributed by atoms with Gasteiger partial charge in [0.1, 0.15) is 6.10 Å². The van der Waals surface area contributed by atoms with Gasteiger partial charge in [0.2, 0.25) is 0 Å². The fourth-order valence-electron chi connectivity index (χ4n) is 2.23. The maximum atomic E-state index is 9.55. The first-order valence-electron chi connectivity index (χ1n) is 4.91. The molecule has 0 aliphatic carbocycles. The fraction of sp³-hybridized carbons (Fsp3) is 0.800. The van der Waals surface area contributed by atoms with E-state index in [1.54, 1.807) is 0 Å². The summed E-state index contributed by atoms with van der Waals surface area (Å²) in [6.07, 6.45) is 5.20. The minimum absolute atomic E-state index is 0.0448. The maximum absolute atomic E-state index is 9.55. The fourth-order valence-corrected chi connectivity index (χ4v) is 2.23. The van der Waals surface area contributed by atoms with Crippen molar-refractivity contribution in [2.75, 3.05) is 0 Å². The third-order valence-corrected chi connectivity index (χ3v) is 2.95. The Morgan fingerprint density at radius 3 is 2.77 bits per heavy atom. The van der Waals surface area contributed by atoms with E-state index in [9.17, 15) is 5.11 Å². The summed E-state index contributed by atoms with van der Waals surface area (Å²) >= 11 is 0. The third-order valence-electron chi connectivity index (χ3n) is 2.95. The molecule has 2 saturated heterocycles. The van der Waals surface area contributed by atoms with Crippen molar-refractivity contribution in [2.45, 2.75) is 50.1 Å². The number of aliphatic hydroxyl groups excluding tert-OH is 1. The molecule has 13 heavy (non-hydrogen) atoms. The summed E-state index contributed by atoms with van der Waals surface area (Å²) in [5.41, 5.74) is 0. The van der Waals surface area contributed by atoms with Gasteiger partial charge in [-0.2, -0.15) is 0 Å². The largest absolute Gasteiger partial charge is 0.496 e. The Kier molecular flexibility index (Phi) is 2.56. The second-order valence-corrected chi connectivity index (χ2v) is 3.78. The van der Waals surface area contributed by atoms with Crippen LogP contribution in [0.25, 0.3) is 0 Å². The monoisotopic (exact) mass is 184 g/mol. The molecular formula is C10H16O3. The topological polar surface area (TPSA) is 38.7 Å². The highest BCUT2D eigenvalue weighted by Crippen LogP contribution is 2.32. The minimum Gasteiger partial charge on any atom is -0.496 e. The molecule has 74 valence electrons. The van der Waals surface area contributed by atoms with Gasteiger partial charge in [0.05, 0.1) is 24.6 Å². The highest BCUT2D eigenvalue weighted by molar-refractivity contribution is 4.89. The number of rotatable bonds is 2. The molecule has 0 amide bonds. The Hall–Kier alpha value is -0.540. The average Bonchev–Trinajstić information content (AvgIpc) is 2.15. The molecule has 0 saturated carbocycles. The summed E-state index contributed by atoms with van der Waals surface area (Å²) in [4.78, 5) is 0. The second kappa shape index (κ2) is 3.68. The molecule has 2 rings (SSSR count). The smallest absolute Gasteiger partial charge is 0.124 e. The molecule has 2 heterocycles. The Labute approximate surface area is 78.3 Å². The molecular weight excluding hydrogens is 168 g/mol. The van der Waals surface area contributed by atoms with Gasteiger partial charge in [-0.15, -0.1) is 0 Å². The van der Waals surface area contributed by atoms with E-state index in [1.165, 1.54) is 6.26 Å². The van der Waals surface area contributed by atoms with Crippen LogP contribution in [0.2, 0.25) is 0 Å². The van der Waals surface area contributed by atoms with Gasteiger partial charge >= 0.3 is 0 Å². The Balaban J connectivity index is 1.96. The van der Waals surface area contributed by atoms with Crippen molar-refractivity contribution in [1.82, 2.24) is 0 Å². The van der Waals surface area contributed by atoms with Gasteiger partial charge in [0.15, 0.2) is 0 Å². The van der Waals surface area contributed by atoms with Crippen LogP contribution in [-0.4, -0.2) is 29.5 Å². The van der Waals surface area contributed by atoms with Crippen LogP contribution in [0.15, 0.2) is 12.8 Å². The van der Waals surface area contributed by atoms with Crippen LogP contribution in [0.1, 0.15) is 25.7 Å². The number of fused-ring (bicyclic) bond motifs is 2. The van der Waals surface area contributed by atoms with E-state index in [4.69, 9.17) is 9.47 Å². The Morgan fingerprint density at radius 2 is 2.00 bits per heavy atom. The lowest BCUT2D eigenvalue weighted by Gasteiger charge is -2.42. The molecule has 0 aromatic heterocycles. The molecule has 1 N–H and O–H groups in total. The molecule has 0 aromatic rings. The number of ether oxygens (including phenoxy) is 2. The molecule has 4 unspecified atom stereocenters. The van der Waals surface area contributed by atoms with Crippen molar-refractivity contribution in [3.63, 3.8) is 0 Å². The SMILES string of the molecule is C=COC1CCC2OC1CCC2O. The van der Waals surface area contributed by atoms with Gasteiger partial charge in [-0.1, -0.05) is 6.58 Å². The maximum Gasteiger partial charge on any atom is 0.124 e. The predicted molar refractivity (Wildman–Crippen MR) is 48.2 cm³/mol. The van der Waals surface area contributed by atoms with Crippen LogP contribution in [0, 0.1) is 0 Å². The van der Waals surface area contributed by atoms with Crippen LogP contribution >= 0.6 is 0 Å². The zero-order chi connectivity index (χ0) is 9.26. The lowest BCUT2D eigenvalue weighted by atomic mass is 9.88. The summed E-state index contributed by atoms with van der Waals surface area (Å²) in [7, 11) is 0. The average molecular weight is 184 g/mol. The molecule has 2 aliphatic rings. The van der Waals surface area contributed by atoms with E-state index in [0.29, 0.717) is 0 Å². The zero-order valence-corrected chi connectivity index (χ0v) is 7.69. The summed E-state index contributed by atoms with van der Waals surface area (Å²) in [6, 6.07) is 0. The van der Waals surface area contributed by atoms with Crippen molar-refractivity contribution in [2.24, 2.45) is 0 Å². The van der Waals surface area contributed by atoms with E-state index < -0.39 is 0 Å². The molecule has 2 aliphatic heterocycles. The number of hydrogen-bond acceptors (Lipinski definition) is 3. The summed E-state index contributed by atoms with van der Waals surface area (Å²) in [5.74, 6) is 0. The summed E-state index contributed by atoms with van der Waals surface area (Å²) < 4.78 is 11.0. The van der Waals surface area contributed by atoms with E-state index in [1.807, 2.05) is 0 Å². The van der Waals surface area contributed by atoms with Gasteiger partial charge in [-0.3, -0.25) is 0 Å². The molecule has 4 atom stereocenters. The van der Waals surface area contributed by atoms with Crippen molar-refractivity contribution in [3.8, 4) is 0 Å². The number of hydrogen-bond donors (Lipinski definition) is 1. The standard InChI is InChI=1S/C10H16O3/c1-2-12-9-6-5-8-7(11)3-4-10(9)13-8/h2,7-11H,1,3-6H2. The first-order valence-corrected chi connectivity index (χ1v) is 4.91. The molecule has 0 spiro atoms. The summed E-state index contributed by atoms with van der Waals surface area (Å²) in [5, 5.41) is 9.55. The Morgan fingerprint density at radius 1 is 1.23 bits per heavy atom. The lowest BCUT2D eigenvalue weighted by molar-refractivity contribution is -0.184. The van der Waals surface area contributed by atoms with E-state index in [0.717, 1.165) is 25.7 Å². The molecule has 3 heteroatoms. The van der Waals surface area contributed by atoms with Crippen molar-refractivity contribution in [3.05, 3.63) is 12.8 Å². The van der Waals surface area contributed by atoms with Crippen molar-refractivity contribution < 1.29 is 14.6 Å². The van der Waals surface area contributed by atoms with Crippen LogP contribution in [-0.2, 0) is 9.47 Å². The molecule has 2 bridgehead atoms. The van der Waals surface area contributed by atoms with Gasteiger partial charge in [-0.25, -0.2) is 0 Å². The van der Waals surface area contributed by atoms with E-state index >= 15 is 0 Å². The predicted octanol–water partition coefficient (Wildman–Crippen LogP) is 1.22. The molecule has 0 radical (unpaired) electrons. The molecule has 3 nitrogen and oxygen atoms in total. The van der Waals surface area contributed by atoms with Crippen LogP contribution in [0.3, 0.4) is 0 Å². The van der Waals surface area contributed by atoms with Gasteiger partial charge in [-0.05, 0) is 25.7 Å². The third kappa shape index (κ3) is 1.71. The van der Waals surface area contributed by atoms with Crippen LogP contribution in [0.4, 0.5) is 0 Å². The molecule has 0 aromatic carbocycles. The lowest BCUT2D eigenvalue weighted by Crippen LogP contribution is -2.48. The van der Waals surface area contributed by atoms with Crippen LogP contribution < -0.4 is 0 Å². The van der Waals surface area contributed by atoms with E-state index in [2.05, 4.69) is 6.58 Å². The first kappa shape index (κ1) is 9.03. The van der Waals surface area contributed by atoms with Crippen molar-refractivity contribution in [1.29, 1.82) is 0 Å². The van der Waals surface area contributed by atoms with Gasteiger partial charge < -0.3 is 14.6 Å². The highest BCUT2D eigenvalue weighted by atomic mass is 16.6. The highest BCUT2D eigenvalue weighted by Gasteiger charge is 2.39. The van der Waals surface area contributed by atoms with Gasteiger partial charge in [0.25, 0.3) is 0 Å². The van der Waals surface area contributed by atoms with Gasteiger partial charge in [0, 0.05) is 0 Å². The normalized spacial score (nSPS) is 44.1.